The summed E-state index contributed by atoms with van der Waals surface area (Å²) in [4.78, 5) is 23.2. The summed E-state index contributed by atoms with van der Waals surface area (Å²) < 4.78 is 12.7. The van der Waals surface area contributed by atoms with Crippen LogP contribution < -0.4 is 10.7 Å². The molecule has 0 saturated carbocycles. The van der Waals surface area contributed by atoms with E-state index < -0.39 is 17.6 Å². The lowest BCUT2D eigenvalue weighted by Crippen LogP contribution is -2.32. The SMILES string of the molecule is O=C(N/N=C/c1c(Cl)cccc1Cl)C(=O)Nc1ccc(F)cc1. The number of halogens is 3. The average molecular weight is 354 g/mol. The number of carbonyl (C=O) groups is 2. The van der Waals surface area contributed by atoms with Crippen molar-refractivity contribution in [2.45, 2.75) is 0 Å². The van der Waals surface area contributed by atoms with Gasteiger partial charge >= 0.3 is 11.8 Å². The minimum atomic E-state index is -0.992. The van der Waals surface area contributed by atoms with Crippen molar-refractivity contribution >= 4 is 46.9 Å². The Bertz CT molecular complexity index is 744. The number of rotatable bonds is 3. The van der Waals surface area contributed by atoms with E-state index in [1.807, 2.05) is 5.43 Å². The van der Waals surface area contributed by atoms with Crippen LogP contribution in [-0.2, 0) is 9.59 Å². The van der Waals surface area contributed by atoms with Crippen LogP contribution in [0.5, 0.6) is 0 Å². The maximum atomic E-state index is 12.7. The highest BCUT2D eigenvalue weighted by molar-refractivity contribution is 6.40. The summed E-state index contributed by atoms with van der Waals surface area (Å²) >= 11 is 11.9. The monoisotopic (exact) mass is 353 g/mol. The molecule has 0 fully saturated rings. The van der Waals surface area contributed by atoms with Gasteiger partial charge in [0.05, 0.1) is 16.3 Å². The first-order valence-corrected chi connectivity index (χ1v) is 7.07. The predicted molar refractivity (Wildman–Crippen MR) is 87.2 cm³/mol. The fraction of sp³-hybridized carbons (Fsp3) is 0. The first kappa shape index (κ1) is 16.9. The Labute approximate surface area is 141 Å². The molecule has 118 valence electrons. The van der Waals surface area contributed by atoms with Crippen molar-refractivity contribution in [3.05, 3.63) is 63.9 Å². The third kappa shape index (κ3) is 4.77. The van der Waals surface area contributed by atoms with E-state index in [2.05, 4.69) is 10.4 Å². The molecule has 0 bridgehead atoms. The molecular weight excluding hydrogens is 344 g/mol. The molecular formula is C15H10Cl2FN3O2. The van der Waals surface area contributed by atoms with Crippen molar-refractivity contribution in [1.29, 1.82) is 0 Å². The summed E-state index contributed by atoms with van der Waals surface area (Å²) in [5.74, 6) is -2.39. The maximum Gasteiger partial charge on any atom is 0.329 e. The predicted octanol–water partition coefficient (Wildman–Crippen LogP) is 3.22. The molecule has 0 aromatic heterocycles. The molecule has 0 heterocycles. The van der Waals surface area contributed by atoms with Gasteiger partial charge in [-0.15, -0.1) is 0 Å². The zero-order valence-electron chi connectivity index (χ0n) is 11.5. The number of anilines is 1. The lowest BCUT2D eigenvalue weighted by Gasteiger charge is -2.04. The van der Waals surface area contributed by atoms with E-state index >= 15 is 0 Å². The first-order valence-electron chi connectivity index (χ1n) is 6.31. The molecule has 0 unspecified atom stereocenters. The van der Waals surface area contributed by atoms with Gasteiger partial charge in [0.2, 0.25) is 0 Å². The van der Waals surface area contributed by atoms with Gasteiger partial charge in [0.1, 0.15) is 5.82 Å². The third-order valence-corrected chi connectivity index (χ3v) is 3.33. The van der Waals surface area contributed by atoms with Crippen molar-refractivity contribution < 1.29 is 14.0 Å². The molecule has 0 aliphatic rings. The van der Waals surface area contributed by atoms with E-state index in [1.54, 1.807) is 18.2 Å². The van der Waals surface area contributed by atoms with Crippen LogP contribution >= 0.6 is 23.2 Å². The third-order valence-electron chi connectivity index (χ3n) is 2.67. The number of carbonyl (C=O) groups excluding carboxylic acids is 2. The van der Waals surface area contributed by atoms with Gasteiger partial charge in [-0.05, 0) is 36.4 Å². The second-order valence-corrected chi connectivity index (χ2v) is 5.11. The van der Waals surface area contributed by atoms with Crippen molar-refractivity contribution in [1.82, 2.24) is 5.43 Å². The molecule has 0 spiro atoms. The molecule has 2 aromatic rings. The maximum absolute atomic E-state index is 12.7. The van der Waals surface area contributed by atoms with E-state index in [-0.39, 0.29) is 5.69 Å². The molecule has 5 nitrogen and oxygen atoms in total. The van der Waals surface area contributed by atoms with Crippen LogP contribution in [-0.4, -0.2) is 18.0 Å². The number of hydrogen-bond donors (Lipinski definition) is 2. The Morgan fingerprint density at radius 1 is 1.00 bits per heavy atom. The summed E-state index contributed by atoms with van der Waals surface area (Å²) in [6, 6.07) is 9.85. The molecule has 0 radical (unpaired) electrons. The largest absolute Gasteiger partial charge is 0.329 e. The summed E-state index contributed by atoms with van der Waals surface area (Å²) in [5.41, 5.74) is 2.74. The van der Waals surface area contributed by atoms with E-state index in [1.165, 1.54) is 18.3 Å². The number of hydrogen-bond acceptors (Lipinski definition) is 3. The number of nitrogens with one attached hydrogen (secondary N) is 2. The fourth-order valence-corrected chi connectivity index (χ4v) is 2.06. The molecule has 2 aromatic carbocycles. The zero-order chi connectivity index (χ0) is 16.8. The Kier molecular flexibility index (Phi) is 5.67. The summed E-state index contributed by atoms with van der Waals surface area (Å²) in [7, 11) is 0. The van der Waals surface area contributed by atoms with Crippen molar-refractivity contribution in [3.8, 4) is 0 Å². The Morgan fingerprint density at radius 3 is 2.22 bits per heavy atom. The lowest BCUT2D eigenvalue weighted by molar-refractivity contribution is -0.136. The fourth-order valence-electron chi connectivity index (χ4n) is 1.56. The average Bonchev–Trinajstić information content (AvgIpc) is 2.52. The number of benzene rings is 2. The van der Waals surface area contributed by atoms with Crippen LogP contribution in [0.25, 0.3) is 0 Å². The molecule has 2 N–H and O–H groups in total. The minimum Gasteiger partial charge on any atom is -0.318 e. The van der Waals surface area contributed by atoms with Crippen LogP contribution in [0.2, 0.25) is 10.0 Å². The van der Waals surface area contributed by atoms with E-state index in [9.17, 15) is 14.0 Å². The Balaban J connectivity index is 1.95. The molecule has 2 rings (SSSR count). The van der Waals surface area contributed by atoms with Crippen LogP contribution in [0, 0.1) is 5.82 Å². The van der Waals surface area contributed by atoms with E-state index in [4.69, 9.17) is 23.2 Å². The lowest BCUT2D eigenvalue weighted by atomic mass is 10.2. The molecule has 0 aliphatic heterocycles. The van der Waals surface area contributed by atoms with Gasteiger partial charge in [0, 0.05) is 11.3 Å². The highest BCUT2D eigenvalue weighted by Crippen LogP contribution is 2.21. The van der Waals surface area contributed by atoms with Gasteiger partial charge in [-0.3, -0.25) is 9.59 Å². The molecule has 0 aliphatic carbocycles. The highest BCUT2D eigenvalue weighted by Gasteiger charge is 2.13. The topological polar surface area (TPSA) is 70.6 Å². The molecule has 8 heteroatoms. The van der Waals surface area contributed by atoms with Crippen LogP contribution in [0.15, 0.2) is 47.6 Å². The highest BCUT2D eigenvalue weighted by atomic mass is 35.5. The van der Waals surface area contributed by atoms with Gasteiger partial charge in [0.25, 0.3) is 0 Å². The van der Waals surface area contributed by atoms with Crippen molar-refractivity contribution in [3.63, 3.8) is 0 Å². The zero-order valence-corrected chi connectivity index (χ0v) is 13.0. The van der Waals surface area contributed by atoms with Crippen LogP contribution in [0.3, 0.4) is 0 Å². The van der Waals surface area contributed by atoms with Gasteiger partial charge in [0.15, 0.2) is 0 Å². The summed E-state index contributed by atoms with van der Waals surface area (Å²) in [6.45, 7) is 0. The first-order chi connectivity index (χ1) is 11.0. The summed E-state index contributed by atoms with van der Waals surface area (Å²) in [6.07, 6.45) is 1.23. The number of nitrogens with zero attached hydrogens (tertiary/aromatic N) is 1. The molecule has 0 atom stereocenters. The van der Waals surface area contributed by atoms with Gasteiger partial charge in [-0.25, -0.2) is 9.82 Å². The molecule has 23 heavy (non-hydrogen) atoms. The standard InChI is InChI=1S/C15H10Cl2FN3O2/c16-12-2-1-3-13(17)11(12)8-19-21-15(23)14(22)20-10-6-4-9(18)5-7-10/h1-8H,(H,20,22)(H,21,23)/b19-8+. The van der Waals surface area contributed by atoms with Gasteiger partial charge in [-0.2, -0.15) is 5.10 Å². The second kappa shape index (κ2) is 7.71. The van der Waals surface area contributed by atoms with Gasteiger partial charge in [-0.1, -0.05) is 29.3 Å². The molecule has 0 saturated heterocycles. The second-order valence-electron chi connectivity index (χ2n) is 4.30. The minimum absolute atomic E-state index is 0.282. The quantitative estimate of drug-likeness (QED) is 0.505. The van der Waals surface area contributed by atoms with Crippen LogP contribution in [0.1, 0.15) is 5.56 Å². The summed E-state index contributed by atoms with van der Waals surface area (Å²) in [5, 5.41) is 6.63. The normalized spacial score (nSPS) is 10.6. The Hall–Kier alpha value is -2.44. The number of amides is 2. The molecule has 2 amide bonds. The Morgan fingerprint density at radius 2 is 1.61 bits per heavy atom. The smallest absolute Gasteiger partial charge is 0.318 e. The van der Waals surface area contributed by atoms with E-state index in [0.717, 1.165) is 12.1 Å². The van der Waals surface area contributed by atoms with E-state index in [0.29, 0.717) is 15.6 Å². The van der Waals surface area contributed by atoms with Crippen molar-refractivity contribution in [2.75, 3.05) is 5.32 Å². The van der Waals surface area contributed by atoms with Gasteiger partial charge < -0.3 is 5.32 Å². The van der Waals surface area contributed by atoms with Crippen LogP contribution in [0.4, 0.5) is 10.1 Å². The number of hydrazone groups is 1. The van der Waals surface area contributed by atoms with Crippen molar-refractivity contribution in [2.24, 2.45) is 5.10 Å².